The lowest BCUT2D eigenvalue weighted by atomic mass is 10.2. The molecule has 0 aromatic carbocycles. The van der Waals surface area contributed by atoms with Crippen molar-refractivity contribution < 1.29 is 28.6 Å². The van der Waals surface area contributed by atoms with Crippen molar-refractivity contribution in [1.82, 2.24) is 10.6 Å². The van der Waals surface area contributed by atoms with Crippen LogP contribution in [0, 0.1) is 0 Å². The Balaban J connectivity index is 2.30. The highest BCUT2D eigenvalue weighted by Crippen LogP contribution is 2.20. The Morgan fingerprint density at radius 3 is 1.55 bits per heavy atom. The summed E-state index contributed by atoms with van der Waals surface area (Å²) in [6, 6.07) is -0.515. The Bertz CT molecular complexity index is 519. The summed E-state index contributed by atoms with van der Waals surface area (Å²) < 4.78 is 27.7. The molecule has 0 unspecified atom stereocenters. The first-order valence-corrected chi connectivity index (χ1v) is 10.5. The molecule has 0 bridgehead atoms. The number of hydrogen-bond donors (Lipinski definition) is 4. The van der Waals surface area contributed by atoms with Gasteiger partial charge in [-0.1, -0.05) is 12.8 Å². The zero-order valence-electron chi connectivity index (χ0n) is 17.0. The van der Waals surface area contributed by atoms with E-state index in [2.05, 4.69) is 10.6 Å². The minimum Gasteiger partial charge on any atom is -0.396 e. The van der Waals surface area contributed by atoms with Gasteiger partial charge in [0.25, 0.3) is 11.8 Å². The van der Waals surface area contributed by atoms with Crippen LogP contribution in [0.5, 0.6) is 0 Å². The first-order valence-electron chi connectivity index (χ1n) is 10.5. The zero-order chi connectivity index (χ0) is 21.5. The highest BCUT2D eigenvalue weighted by atomic mass is 19.1. The van der Waals surface area contributed by atoms with Crippen molar-refractivity contribution in [3.05, 3.63) is 23.8 Å². The molecule has 0 aliphatic heterocycles. The van der Waals surface area contributed by atoms with Gasteiger partial charge in [-0.2, -0.15) is 0 Å². The second-order valence-corrected chi connectivity index (χ2v) is 7.40. The molecular weight excluding hydrogens is 382 g/mol. The molecule has 0 radical (unpaired) electrons. The molecule has 0 aromatic rings. The number of unbranched alkanes of at least 4 members (excludes halogenated alkanes) is 6. The number of hydrogen-bond acceptors (Lipinski definition) is 4. The maximum atomic E-state index is 13.8. The smallest absolute Gasteiger partial charge is 0.279 e. The number of aliphatic hydroxyl groups is 2. The van der Waals surface area contributed by atoms with Gasteiger partial charge in [-0.3, -0.25) is 9.59 Å². The third-order valence-corrected chi connectivity index (χ3v) is 4.91. The maximum absolute atomic E-state index is 13.8. The Hall–Kier alpha value is -1.80. The van der Waals surface area contributed by atoms with Crippen molar-refractivity contribution in [2.75, 3.05) is 13.2 Å². The first-order chi connectivity index (χ1) is 14.0. The fraction of sp³-hybridized carbons (Fsp3) is 0.714. The third-order valence-electron chi connectivity index (χ3n) is 4.91. The molecule has 8 heteroatoms. The predicted octanol–water partition coefficient (Wildman–Crippen LogP) is 2.95. The van der Waals surface area contributed by atoms with E-state index in [4.69, 9.17) is 10.2 Å². The monoisotopic (exact) mass is 416 g/mol. The largest absolute Gasteiger partial charge is 0.396 e. The highest BCUT2D eigenvalue weighted by molar-refractivity contribution is 5.92. The van der Waals surface area contributed by atoms with Gasteiger partial charge in [-0.15, -0.1) is 0 Å². The minimum absolute atomic E-state index is 0.108. The van der Waals surface area contributed by atoms with Crippen LogP contribution in [0.25, 0.3) is 0 Å². The summed E-state index contributed by atoms with van der Waals surface area (Å²) in [7, 11) is 0. The number of amides is 2. The second-order valence-electron chi connectivity index (χ2n) is 7.40. The van der Waals surface area contributed by atoms with Gasteiger partial charge in [0.1, 0.15) is 0 Å². The molecule has 0 heterocycles. The van der Waals surface area contributed by atoms with Crippen molar-refractivity contribution in [3.63, 3.8) is 0 Å². The Morgan fingerprint density at radius 1 is 0.759 bits per heavy atom. The quantitative estimate of drug-likeness (QED) is 0.258. The van der Waals surface area contributed by atoms with E-state index in [1.807, 2.05) is 0 Å². The molecule has 1 aliphatic carbocycles. The van der Waals surface area contributed by atoms with E-state index in [-0.39, 0.29) is 25.3 Å². The van der Waals surface area contributed by atoms with Crippen LogP contribution in [0.3, 0.4) is 0 Å². The topological polar surface area (TPSA) is 98.7 Å². The van der Waals surface area contributed by atoms with Crippen LogP contribution in [-0.2, 0) is 9.59 Å². The lowest BCUT2D eigenvalue weighted by Gasteiger charge is -2.14. The minimum atomic E-state index is -0.823. The molecule has 2 atom stereocenters. The average Bonchev–Trinajstić information content (AvgIpc) is 3.13. The van der Waals surface area contributed by atoms with Gasteiger partial charge in [0.15, 0.2) is 11.7 Å². The van der Waals surface area contributed by atoms with Gasteiger partial charge >= 0.3 is 0 Å². The number of nitrogens with one attached hydrogen (secondary N) is 2. The van der Waals surface area contributed by atoms with Crippen LogP contribution < -0.4 is 10.6 Å². The molecule has 29 heavy (non-hydrogen) atoms. The number of aliphatic hydroxyl groups excluding tert-OH is 2. The summed E-state index contributed by atoms with van der Waals surface area (Å²) >= 11 is 0. The van der Waals surface area contributed by atoms with Crippen molar-refractivity contribution in [2.24, 2.45) is 0 Å². The number of carbonyl (C=O) groups excluding carboxylic acids is 2. The molecule has 1 aliphatic rings. The number of allylic oxidation sites excluding steroid dienone is 2. The van der Waals surface area contributed by atoms with Crippen LogP contribution in [0.2, 0.25) is 0 Å². The first kappa shape index (κ1) is 25.2. The summed E-state index contributed by atoms with van der Waals surface area (Å²) in [5.41, 5.74) is 0. The summed E-state index contributed by atoms with van der Waals surface area (Å²) in [6.07, 6.45) is 9.29. The van der Waals surface area contributed by atoms with E-state index in [1.54, 1.807) is 0 Å². The van der Waals surface area contributed by atoms with Crippen molar-refractivity contribution >= 4 is 11.8 Å². The lowest BCUT2D eigenvalue weighted by Crippen LogP contribution is -2.37. The van der Waals surface area contributed by atoms with E-state index in [9.17, 15) is 18.4 Å². The summed E-state index contributed by atoms with van der Waals surface area (Å²) in [5.74, 6) is -3.18. The maximum Gasteiger partial charge on any atom is 0.279 e. The molecule has 2 amide bonds. The lowest BCUT2D eigenvalue weighted by molar-refractivity contribution is -0.119. The van der Waals surface area contributed by atoms with E-state index in [0.717, 1.165) is 12.8 Å². The summed E-state index contributed by atoms with van der Waals surface area (Å²) in [5, 5.41) is 22.6. The van der Waals surface area contributed by atoms with Crippen molar-refractivity contribution in [2.45, 2.75) is 82.7 Å². The molecule has 1 saturated carbocycles. The molecule has 1 fully saturated rings. The van der Waals surface area contributed by atoms with Gasteiger partial charge in [-0.05, 0) is 69.9 Å². The number of halogens is 2. The van der Waals surface area contributed by atoms with Crippen molar-refractivity contribution in [3.8, 4) is 0 Å². The number of carbonyl (C=O) groups is 2. The van der Waals surface area contributed by atoms with Gasteiger partial charge in [0, 0.05) is 25.3 Å². The SMILES string of the molecule is O=C(N[C@@H]1CC[C@H](NC(=O)C(F)=CCCCCCO)C1)C(F)=CCCCCCO. The van der Waals surface area contributed by atoms with Gasteiger partial charge in [0.05, 0.1) is 0 Å². The van der Waals surface area contributed by atoms with Crippen LogP contribution in [0.4, 0.5) is 8.78 Å². The van der Waals surface area contributed by atoms with Crippen molar-refractivity contribution in [1.29, 1.82) is 0 Å². The highest BCUT2D eigenvalue weighted by Gasteiger charge is 2.28. The van der Waals surface area contributed by atoms with Gasteiger partial charge in [0.2, 0.25) is 0 Å². The molecule has 6 nitrogen and oxygen atoms in total. The third kappa shape index (κ3) is 11.1. The fourth-order valence-electron chi connectivity index (χ4n) is 3.26. The van der Waals surface area contributed by atoms with Crippen LogP contribution >= 0.6 is 0 Å². The van der Waals surface area contributed by atoms with E-state index in [1.165, 1.54) is 12.2 Å². The normalized spacial score (nSPS) is 20.0. The molecule has 0 spiro atoms. The fourth-order valence-corrected chi connectivity index (χ4v) is 3.26. The number of rotatable bonds is 14. The molecule has 1 rings (SSSR count). The summed E-state index contributed by atoms with van der Waals surface area (Å²) in [6.45, 7) is 0.215. The van der Waals surface area contributed by atoms with E-state index >= 15 is 0 Å². The zero-order valence-corrected chi connectivity index (χ0v) is 17.0. The molecule has 4 N–H and O–H groups in total. The van der Waals surface area contributed by atoms with Gasteiger partial charge < -0.3 is 20.8 Å². The Labute approximate surface area is 171 Å². The average molecular weight is 417 g/mol. The van der Waals surface area contributed by atoms with Crippen LogP contribution in [-0.4, -0.2) is 47.3 Å². The van der Waals surface area contributed by atoms with Gasteiger partial charge in [-0.25, -0.2) is 8.78 Å². The van der Waals surface area contributed by atoms with E-state index < -0.39 is 23.5 Å². The molecule has 0 aromatic heterocycles. The molecule has 166 valence electrons. The summed E-state index contributed by atoms with van der Waals surface area (Å²) in [4.78, 5) is 23.8. The van der Waals surface area contributed by atoms with Crippen LogP contribution in [0.15, 0.2) is 23.8 Å². The molecular formula is C21H34F2N2O4. The standard InChI is InChI=1S/C21H34F2N2O4/c22-18(9-5-1-3-7-13-26)20(28)24-16-11-12-17(15-16)25-21(29)19(23)10-6-2-4-8-14-27/h9-10,16-17,26-27H,1-8,11-15H2,(H,24,28)(H,25,29)/t16-,17+. The Morgan fingerprint density at radius 2 is 1.17 bits per heavy atom. The second kappa shape index (κ2) is 15.1. The predicted molar refractivity (Wildman–Crippen MR) is 107 cm³/mol. The Kier molecular flexibility index (Phi) is 13.1. The molecule has 0 saturated heterocycles. The van der Waals surface area contributed by atoms with Crippen LogP contribution in [0.1, 0.15) is 70.6 Å². The van der Waals surface area contributed by atoms with E-state index in [0.29, 0.717) is 57.8 Å².